The van der Waals surface area contributed by atoms with Crippen molar-refractivity contribution in [1.29, 1.82) is 0 Å². The molecule has 0 radical (unpaired) electrons. The number of rotatable bonds is 13. The van der Waals surface area contributed by atoms with Crippen molar-refractivity contribution in [3.8, 4) is 11.5 Å². The summed E-state index contributed by atoms with van der Waals surface area (Å²) in [5.74, 6) is 0.833. The van der Waals surface area contributed by atoms with Gasteiger partial charge in [-0.2, -0.15) is 0 Å². The predicted octanol–water partition coefficient (Wildman–Crippen LogP) is 6.53. The van der Waals surface area contributed by atoms with Gasteiger partial charge in [-0.15, -0.1) is 0 Å². The van der Waals surface area contributed by atoms with Crippen molar-refractivity contribution in [2.45, 2.75) is 36.9 Å². The molecule has 39 heavy (non-hydrogen) atoms. The van der Waals surface area contributed by atoms with Gasteiger partial charge in [0, 0.05) is 0 Å². The first-order valence-corrected chi connectivity index (χ1v) is 16.1. The number of esters is 1. The first-order chi connectivity index (χ1) is 18.6. The van der Waals surface area contributed by atoms with Crippen molar-refractivity contribution in [2.24, 2.45) is 5.92 Å². The van der Waals surface area contributed by atoms with Crippen molar-refractivity contribution >= 4 is 25.2 Å². The van der Waals surface area contributed by atoms with Crippen LogP contribution in [-0.4, -0.2) is 45.5 Å². The summed E-state index contributed by atoms with van der Waals surface area (Å²) in [5, 5.41) is 1.25. The van der Waals surface area contributed by atoms with Crippen molar-refractivity contribution < 1.29 is 37.0 Å². The molecule has 208 valence electrons. The maximum atomic E-state index is 13.1. The molecule has 5 nitrogen and oxygen atoms in total. The number of alkyl halides is 3. The molecular formula is C30H32AsF3O5. The fourth-order valence-corrected chi connectivity index (χ4v) is 8.70. The van der Waals surface area contributed by atoms with Gasteiger partial charge in [-0.1, -0.05) is 6.07 Å². The molecule has 0 aliphatic heterocycles. The van der Waals surface area contributed by atoms with Crippen molar-refractivity contribution in [3.63, 3.8) is 0 Å². The second kappa shape index (κ2) is 14.2. The molecule has 0 saturated heterocycles. The topological polar surface area (TPSA) is 61.8 Å². The third kappa shape index (κ3) is 9.46. The molecule has 9 heteroatoms. The first kappa shape index (κ1) is 30.3. The van der Waals surface area contributed by atoms with Gasteiger partial charge >= 0.3 is 209 Å². The Morgan fingerprint density at radius 1 is 0.897 bits per heavy atom. The number of carbonyl (C=O) groups excluding carboxylic acids is 2. The van der Waals surface area contributed by atoms with Crippen LogP contribution in [0.25, 0.3) is 0 Å². The minimum absolute atomic E-state index is 0.0456. The predicted molar refractivity (Wildman–Crippen MR) is 144 cm³/mol. The molecule has 0 aliphatic rings. The van der Waals surface area contributed by atoms with E-state index in [2.05, 4.69) is 0 Å². The van der Waals surface area contributed by atoms with Crippen molar-refractivity contribution in [2.75, 3.05) is 20.3 Å². The summed E-state index contributed by atoms with van der Waals surface area (Å²) in [6.45, 7) is 4.34. The van der Waals surface area contributed by atoms with Crippen LogP contribution in [-0.2, 0) is 27.3 Å². The van der Waals surface area contributed by atoms with Crippen LogP contribution in [0.5, 0.6) is 11.5 Å². The molecule has 0 aromatic heterocycles. The SMILES string of the molecule is COC(=O)c1ccccc1OCCc1cccc(OCC(=O)[As](Cc2ccc(C(F)(F)F)cc2)CC(C)C)c1. The number of ether oxygens (including phenoxy) is 3. The van der Waals surface area contributed by atoms with Gasteiger partial charge in [-0.05, 0) is 0 Å². The molecule has 1 atom stereocenters. The van der Waals surface area contributed by atoms with Crippen molar-refractivity contribution in [1.82, 2.24) is 0 Å². The average molecular weight is 604 g/mol. The summed E-state index contributed by atoms with van der Waals surface area (Å²) in [5.41, 5.74) is 1.35. The molecule has 0 aliphatic carbocycles. The monoisotopic (exact) mass is 604 g/mol. The zero-order valence-electron chi connectivity index (χ0n) is 22.2. The number of halogens is 3. The van der Waals surface area contributed by atoms with Crippen LogP contribution in [0.4, 0.5) is 13.2 Å². The minimum atomic E-state index is -4.38. The molecule has 3 rings (SSSR count). The fourth-order valence-electron chi connectivity index (χ4n) is 3.89. The Morgan fingerprint density at radius 2 is 1.62 bits per heavy atom. The van der Waals surface area contributed by atoms with E-state index in [0.717, 1.165) is 28.5 Å². The normalized spacial score (nSPS) is 12.2. The van der Waals surface area contributed by atoms with E-state index in [4.69, 9.17) is 14.2 Å². The molecule has 0 fully saturated rings. The standard InChI is InChI=1S/C30H32AsF3O5/c1-21(2)18-31(19-23-11-13-24(14-12-23)30(32,33)34)28(35)20-39-25-8-6-7-22(17-25)15-16-38-27-10-5-4-9-26(27)29(36)37-3/h4-14,17,21H,15-16,18-20H2,1-3H3. The number of methoxy groups -OCH3 is 1. The summed E-state index contributed by atoms with van der Waals surface area (Å²) in [4.78, 5) is 25.0. The zero-order valence-corrected chi connectivity index (χ0v) is 24.0. The molecule has 0 N–H and O–H groups in total. The van der Waals surface area contributed by atoms with Gasteiger partial charge in [0.1, 0.15) is 0 Å². The van der Waals surface area contributed by atoms with Crippen LogP contribution in [0.3, 0.4) is 0 Å². The number of para-hydroxylation sites is 1. The second-order valence-corrected chi connectivity index (χ2v) is 14.1. The summed E-state index contributed by atoms with van der Waals surface area (Å²) in [7, 11) is 1.32. The molecule has 3 aromatic carbocycles. The Morgan fingerprint density at radius 3 is 2.28 bits per heavy atom. The maximum absolute atomic E-state index is 13.1. The van der Waals surface area contributed by atoms with Crippen LogP contribution < -0.4 is 9.47 Å². The van der Waals surface area contributed by atoms with Gasteiger partial charge in [0.25, 0.3) is 0 Å². The third-order valence-electron chi connectivity index (χ3n) is 5.79. The fraction of sp³-hybridized carbons (Fsp3) is 0.333. The number of benzene rings is 3. The van der Waals surface area contributed by atoms with E-state index in [0.29, 0.717) is 41.2 Å². The molecular weight excluding hydrogens is 572 g/mol. The Hall–Kier alpha value is -3.25. The average Bonchev–Trinajstić information content (AvgIpc) is 2.91. The van der Waals surface area contributed by atoms with E-state index in [1.165, 1.54) is 19.2 Å². The molecule has 1 unspecified atom stereocenters. The Kier molecular flexibility index (Phi) is 11.0. The summed E-state index contributed by atoms with van der Waals surface area (Å²) >= 11 is -2.08. The zero-order chi connectivity index (χ0) is 28.4. The second-order valence-electron chi connectivity index (χ2n) is 9.39. The Bertz CT molecular complexity index is 1240. The summed E-state index contributed by atoms with van der Waals surface area (Å²) < 4.78 is 55.2. The quantitative estimate of drug-likeness (QED) is 0.164. The summed E-state index contributed by atoms with van der Waals surface area (Å²) in [6, 6.07) is 19.3. The van der Waals surface area contributed by atoms with Gasteiger partial charge in [0.2, 0.25) is 0 Å². The van der Waals surface area contributed by atoms with Gasteiger partial charge < -0.3 is 4.74 Å². The molecule has 0 spiro atoms. The van der Waals surface area contributed by atoms with E-state index in [1.54, 1.807) is 30.3 Å². The van der Waals surface area contributed by atoms with Crippen LogP contribution in [0, 0.1) is 5.92 Å². The summed E-state index contributed by atoms with van der Waals surface area (Å²) in [6.07, 6.45) is -3.83. The number of hydrogen-bond acceptors (Lipinski definition) is 5. The van der Waals surface area contributed by atoms with Crippen LogP contribution in [0.15, 0.2) is 72.8 Å². The van der Waals surface area contributed by atoms with Gasteiger partial charge in [0.15, 0.2) is 0 Å². The molecule has 0 bridgehead atoms. The third-order valence-corrected chi connectivity index (χ3v) is 11.6. The Balaban J connectivity index is 1.57. The van der Waals surface area contributed by atoms with Crippen molar-refractivity contribution in [3.05, 3.63) is 95.1 Å². The van der Waals surface area contributed by atoms with E-state index in [9.17, 15) is 22.8 Å². The first-order valence-electron chi connectivity index (χ1n) is 12.5. The van der Waals surface area contributed by atoms with Crippen LogP contribution in [0.1, 0.15) is 40.9 Å². The van der Waals surface area contributed by atoms with E-state index in [-0.39, 0.29) is 11.2 Å². The molecule has 3 aromatic rings. The van der Waals surface area contributed by atoms with Gasteiger partial charge in [-0.25, -0.2) is 4.79 Å². The molecule has 0 saturated carbocycles. The molecule has 0 amide bonds. The van der Waals surface area contributed by atoms with Gasteiger partial charge in [0.05, 0.1) is 7.11 Å². The number of hydrogen-bond donors (Lipinski definition) is 0. The van der Waals surface area contributed by atoms with E-state index in [1.807, 2.05) is 32.0 Å². The van der Waals surface area contributed by atoms with E-state index < -0.39 is 32.4 Å². The van der Waals surface area contributed by atoms with E-state index >= 15 is 0 Å². The molecule has 0 heterocycles. The van der Waals surface area contributed by atoms with Gasteiger partial charge in [-0.3, -0.25) is 0 Å². The van der Waals surface area contributed by atoms with Crippen LogP contribution >= 0.6 is 0 Å². The Labute approximate surface area is 231 Å². The number of carbonyl (C=O) groups is 2. The van der Waals surface area contributed by atoms with Crippen LogP contribution in [0.2, 0.25) is 5.21 Å².